The van der Waals surface area contributed by atoms with Gasteiger partial charge in [0.2, 0.25) is 0 Å². The zero-order chi connectivity index (χ0) is 31.5. The zero-order valence-corrected chi connectivity index (χ0v) is 23.5. The van der Waals surface area contributed by atoms with Gasteiger partial charge in [-0.15, -0.1) is 0 Å². The van der Waals surface area contributed by atoms with E-state index in [1.165, 1.54) is 12.4 Å². The SMILES string of the molecule is Cc1c(-c2nccn2-c2cccnc2)cnn1CC(F)(F)F.Cc1c(C2=NCCN2c2cccnc2)cnn1CC(F)(F)F. The number of pyridine rings is 2. The molecule has 5 aromatic rings. The maximum atomic E-state index is 12.5. The predicted molar refractivity (Wildman–Crippen MR) is 149 cm³/mol. The molecule has 0 aromatic carbocycles. The van der Waals surface area contributed by atoms with Gasteiger partial charge in [0.05, 0.1) is 53.8 Å². The topological polar surface area (TPSA) is 94.8 Å². The summed E-state index contributed by atoms with van der Waals surface area (Å²) >= 11 is 0. The molecule has 5 aromatic heterocycles. The van der Waals surface area contributed by atoms with E-state index < -0.39 is 25.4 Å². The number of nitrogens with zero attached hydrogens (tertiary/aromatic N) is 10. The number of anilines is 1. The smallest absolute Gasteiger partial charge is 0.323 e. The molecule has 0 N–H and O–H groups in total. The molecule has 0 unspecified atom stereocenters. The van der Waals surface area contributed by atoms with Gasteiger partial charge in [-0.05, 0) is 38.1 Å². The van der Waals surface area contributed by atoms with E-state index in [1.54, 1.807) is 61.7 Å². The predicted octanol–water partition coefficient (Wildman–Crippen LogP) is 5.42. The van der Waals surface area contributed by atoms with Crippen LogP contribution >= 0.6 is 0 Å². The van der Waals surface area contributed by atoms with E-state index in [1.807, 2.05) is 23.1 Å². The minimum Gasteiger partial charge on any atom is -0.323 e. The summed E-state index contributed by atoms with van der Waals surface area (Å²) in [6.45, 7) is 2.26. The van der Waals surface area contributed by atoms with Crippen molar-refractivity contribution in [3.8, 4) is 17.1 Å². The first-order valence-electron chi connectivity index (χ1n) is 13.3. The largest absolute Gasteiger partial charge is 0.408 e. The van der Waals surface area contributed by atoms with E-state index in [9.17, 15) is 26.3 Å². The maximum Gasteiger partial charge on any atom is 0.408 e. The van der Waals surface area contributed by atoms with Gasteiger partial charge in [-0.3, -0.25) is 28.9 Å². The van der Waals surface area contributed by atoms with Crippen molar-refractivity contribution in [1.29, 1.82) is 0 Å². The molecule has 0 aliphatic carbocycles. The summed E-state index contributed by atoms with van der Waals surface area (Å²) < 4.78 is 78.8. The van der Waals surface area contributed by atoms with Crippen LogP contribution in [0.2, 0.25) is 0 Å². The normalized spacial score (nSPS) is 13.5. The van der Waals surface area contributed by atoms with Gasteiger partial charge in [-0.1, -0.05) is 0 Å². The van der Waals surface area contributed by atoms with Crippen LogP contribution in [-0.2, 0) is 13.1 Å². The Kier molecular flexibility index (Phi) is 8.51. The lowest BCUT2D eigenvalue weighted by Gasteiger charge is -2.19. The van der Waals surface area contributed by atoms with Crippen molar-refractivity contribution in [3.63, 3.8) is 0 Å². The Balaban J connectivity index is 0.000000175. The van der Waals surface area contributed by atoms with Crippen molar-refractivity contribution in [2.75, 3.05) is 18.0 Å². The third kappa shape index (κ3) is 6.95. The summed E-state index contributed by atoms with van der Waals surface area (Å²) in [4.78, 5) is 18.7. The number of aromatic nitrogens is 8. The molecule has 1 aliphatic heterocycles. The Labute approximate surface area is 247 Å². The molecule has 10 nitrogen and oxygen atoms in total. The number of rotatable bonds is 6. The number of hydrogen-bond acceptors (Lipinski definition) is 7. The highest BCUT2D eigenvalue weighted by Gasteiger charge is 2.32. The molecular formula is C28H26F6N10. The van der Waals surface area contributed by atoms with Crippen LogP contribution in [0.25, 0.3) is 17.1 Å². The summed E-state index contributed by atoms with van der Waals surface area (Å²) in [5.41, 5.74) is 3.67. The number of aliphatic imine (C=N–C) groups is 1. The van der Waals surface area contributed by atoms with Crippen molar-refractivity contribution < 1.29 is 26.3 Å². The Bertz CT molecular complexity index is 1720. The average Bonchev–Trinajstić information content (AvgIpc) is 3.78. The van der Waals surface area contributed by atoms with Crippen LogP contribution in [0.3, 0.4) is 0 Å². The van der Waals surface area contributed by atoms with Crippen LogP contribution in [0.4, 0.5) is 32.0 Å². The van der Waals surface area contributed by atoms with Crippen LogP contribution in [0.15, 0.2) is 78.8 Å². The molecule has 0 saturated carbocycles. The molecule has 230 valence electrons. The number of alkyl halides is 6. The molecule has 0 spiro atoms. The Morgan fingerprint density at radius 2 is 1.30 bits per heavy atom. The van der Waals surface area contributed by atoms with E-state index in [4.69, 9.17) is 0 Å². The molecule has 0 saturated heterocycles. The summed E-state index contributed by atoms with van der Waals surface area (Å²) in [6, 6.07) is 7.32. The van der Waals surface area contributed by atoms with Gasteiger partial charge in [-0.25, -0.2) is 4.98 Å². The van der Waals surface area contributed by atoms with Gasteiger partial charge in [0.1, 0.15) is 24.7 Å². The van der Waals surface area contributed by atoms with E-state index in [0.717, 1.165) is 20.7 Å². The molecule has 0 atom stereocenters. The minimum absolute atomic E-state index is 0.411. The standard InChI is InChI=1S/C14H14F3N5.C14H12F3N5/c2*1-10-12(8-20-22(10)9-14(15,16)17)13-19-5-6-21(13)11-3-2-4-18-7-11/h2-4,7-8H,5-6,9H2,1H3;2-8H,9H2,1H3. The van der Waals surface area contributed by atoms with Crippen LogP contribution in [-0.4, -0.2) is 70.4 Å². The van der Waals surface area contributed by atoms with Gasteiger partial charge in [0.15, 0.2) is 0 Å². The lowest BCUT2D eigenvalue weighted by atomic mass is 10.2. The van der Waals surface area contributed by atoms with Crippen molar-refractivity contribution in [3.05, 3.63) is 90.8 Å². The monoisotopic (exact) mass is 616 g/mol. The fourth-order valence-corrected chi connectivity index (χ4v) is 4.64. The molecule has 0 radical (unpaired) electrons. The number of halogens is 6. The number of amidine groups is 1. The van der Waals surface area contributed by atoms with E-state index >= 15 is 0 Å². The average molecular weight is 617 g/mol. The molecule has 0 bridgehead atoms. The Morgan fingerprint density at radius 1 is 0.727 bits per heavy atom. The highest BCUT2D eigenvalue weighted by Crippen LogP contribution is 2.27. The van der Waals surface area contributed by atoms with E-state index in [2.05, 4.69) is 30.1 Å². The van der Waals surface area contributed by atoms with Crippen molar-refractivity contribution in [2.24, 2.45) is 4.99 Å². The molecule has 44 heavy (non-hydrogen) atoms. The summed E-state index contributed by atoms with van der Waals surface area (Å²) in [5.74, 6) is 1.16. The second-order valence-corrected chi connectivity index (χ2v) is 9.73. The quantitative estimate of drug-likeness (QED) is 0.237. The molecule has 16 heteroatoms. The summed E-state index contributed by atoms with van der Waals surface area (Å²) in [5, 5.41) is 7.67. The van der Waals surface area contributed by atoms with Crippen molar-refractivity contribution >= 4 is 11.5 Å². The third-order valence-electron chi connectivity index (χ3n) is 6.71. The van der Waals surface area contributed by atoms with Gasteiger partial charge in [-0.2, -0.15) is 36.5 Å². The first kappa shape index (κ1) is 30.4. The van der Waals surface area contributed by atoms with Gasteiger partial charge >= 0.3 is 12.4 Å². The lowest BCUT2D eigenvalue weighted by Crippen LogP contribution is -2.28. The molecular weight excluding hydrogens is 590 g/mol. The Hall–Kier alpha value is -5.02. The third-order valence-corrected chi connectivity index (χ3v) is 6.71. The maximum absolute atomic E-state index is 12.5. The summed E-state index contributed by atoms with van der Waals surface area (Å²) in [7, 11) is 0. The van der Waals surface area contributed by atoms with E-state index in [-0.39, 0.29) is 0 Å². The minimum atomic E-state index is -4.31. The fraction of sp³-hybridized carbons (Fsp3) is 0.286. The summed E-state index contributed by atoms with van der Waals surface area (Å²) in [6.07, 6.45) is 4.22. The first-order chi connectivity index (χ1) is 20.9. The van der Waals surface area contributed by atoms with E-state index in [0.29, 0.717) is 47.3 Å². The van der Waals surface area contributed by atoms with Crippen LogP contribution in [0.1, 0.15) is 17.0 Å². The Morgan fingerprint density at radius 3 is 1.86 bits per heavy atom. The van der Waals surface area contributed by atoms with Crippen LogP contribution < -0.4 is 4.90 Å². The fourth-order valence-electron chi connectivity index (χ4n) is 4.64. The zero-order valence-electron chi connectivity index (χ0n) is 23.5. The van der Waals surface area contributed by atoms with Crippen molar-refractivity contribution in [2.45, 2.75) is 39.3 Å². The highest BCUT2D eigenvalue weighted by molar-refractivity contribution is 6.11. The second kappa shape index (κ2) is 12.3. The first-order valence-corrected chi connectivity index (χ1v) is 13.3. The number of imidazole rings is 1. The highest BCUT2D eigenvalue weighted by atomic mass is 19.4. The van der Waals surface area contributed by atoms with Crippen molar-refractivity contribution in [1.82, 2.24) is 39.1 Å². The number of hydrogen-bond donors (Lipinski definition) is 0. The molecule has 0 fully saturated rings. The molecule has 6 rings (SSSR count). The van der Waals surface area contributed by atoms with Gasteiger partial charge in [0.25, 0.3) is 0 Å². The lowest BCUT2D eigenvalue weighted by molar-refractivity contribution is -0.143. The molecule has 0 amide bonds. The van der Waals surface area contributed by atoms with Gasteiger partial charge < -0.3 is 4.90 Å². The molecule has 6 heterocycles. The van der Waals surface area contributed by atoms with Gasteiger partial charge in [0, 0.05) is 42.7 Å². The van der Waals surface area contributed by atoms with Crippen LogP contribution in [0, 0.1) is 13.8 Å². The molecule has 1 aliphatic rings. The second-order valence-electron chi connectivity index (χ2n) is 9.73. The van der Waals surface area contributed by atoms with Crippen LogP contribution in [0.5, 0.6) is 0 Å².